The topological polar surface area (TPSA) is 20.3 Å². The van der Waals surface area contributed by atoms with E-state index in [0.717, 1.165) is 38.1 Å². The van der Waals surface area contributed by atoms with Gasteiger partial charge in [-0.05, 0) is 44.8 Å². The number of hydrogen-bond acceptors (Lipinski definition) is 2. The molecule has 1 rings (SSSR count). The normalized spacial score (nSPS) is 20.8. The lowest BCUT2D eigenvalue weighted by Gasteiger charge is -2.29. The molecule has 13 heavy (non-hydrogen) atoms. The van der Waals surface area contributed by atoms with Gasteiger partial charge in [0.15, 0.2) is 0 Å². The predicted octanol–water partition coefficient (Wildman–Crippen LogP) is 1.94. The molecular weight excluding hydrogens is 162 g/mol. The highest BCUT2D eigenvalue weighted by Crippen LogP contribution is 2.15. The lowest BCUT2D eigenvalue weighted by Crippen LogP contribution is -2.35. The van der Waals surface area contributed by atoms with Gasteiger partial charge in [-0.3, -0.25) is 0 Å². The zero-order valence-electron chi connectivity index (χ0n) is 8.83. The van der Waals surface area contributed by atoms with Crippen molar-refractivity contribution in [1.82, 2.24) is 4.90 Å². The Morgan fingerprint density at radius 1 is 1.38 bits per heavy atom. The van der Waals surface area contributed by atoms with Crippen LogP contribution in [0.2, 0.25) is 0 Å². The summed E-state index contributed by atoms with van der Waals surface area (Å²) in [6.45, 7) is 7.98. The molecule has 0 N–H and O–H groups in total. The monoisotopic (exact) mass is 183 g/mol. The van der Waals surface area contributed by atoms with Gasteiger partial charge in [0, 0.05) is 5.92 Å². The highest BCUT2D eigenvalue weighted by Gasteiger charge is 2.17. The Bertz CT molecular complexity index is 148. The molecule has 0 bridgehead atoms. The largest absolute Gasteiger partial charge is 0.303 e. The van der Waals surface area contributed by atoms with Gasteiger partial charge in [-0.2, -0.15) is 0 Å². The Labute approximate surface area is 81.3 Å². The van der Waals surface area contributed by atoms with Gasteiger partial charge in [0.05, 0.1) is 0 Å². The van der Waals surface area contributed by atoms with E-state index in [1.165, 1.54) is 13.0 Å². The number of carbonyl (C=O) groups excluding carboxylic acids is 1. The van der Waals surface area contributed by atoms with Crippen LogP contribution in [0.25, 0.3) is 0 Å². The second-order valence-electron chi connectivity index (χ2n) is 4.50. The molecule has 1 heterocycles. The lowest BCUT2D eigenvalue weighted by atomic mass is 9.98. The second-order valence-corrected chi connectivity index (χ2v) is 4.50. The van der Waals surface area contributed by atoms with Crippen molar-refractivity contribution >= 4 is 6.29 Å². The summed E-state index contributed by atoms with van der Waals surface area (Å²) in [5.74, 6) is 1.14. The van der Waals surface area contributed by atoms with Crippen LogP contribution in [-0.4, -0.2) is 30.8 Å². The number of aldehydes is 1. The first kappa shape index (κ1) is 10.7. The van der Waals surface area contributed by atoms with Gasteiger partial charge >= 0.3 is 0 Å². The summed E-state index contributed by atoms with van der Waals surface area (Å²) in [7, 11) is 0. The number of rotatable bonds is 4. The summed E-state index contributed by atoms with van der Waals surface area (Å²) in [6, 6.07) is 0. The first-order valence-corrected chi connectivity index (χ1v) is 5.40. The molecule has 0 aromatic carbocycles. The standard InChI is InChI=1S/C11H21NO/c1-10(2)3-6-12-7-4-11(9-13)5-8-12/h9-11H,3-8H2,1-2H3. The van der Waals surface area contributed by atoms with Crippen LogP contribution in [-0.2, 0) is 4.79 Å². The van der Waals surface area contributed by atoms with Gasteiger partial charge in [-0.25, -0.2) is 0 Å². The molecule has 0 unspecified atom stereocenters. The van der Waals surface area contributed by atoms with E-state index in [2.05, 4.69) is 18.7 Å². The van der Waals surface area contributed by atoms with Gasteiger partial charge in [0.25, 0.3) is 0 Å². The van der Waals surface area contributed by atoms with Crippen LogP contribution in [0.4, 0.5) is 0 Å². The van der Waals surface area contributed by atoms with Gasteiger partial charge < -0.3 is 9.69 Å². The third-order valence-electron chi connectivity index (χ3n) is 2.85. The zero-order chi connectivity index (χ0) is 9.68. The van der Waals surface area contributed by atoms with Gasteiger partial charge in [-0.1, -0.05) is 13.8 Å². The van der Waals surface area contributed by atoms with Crippen molar-refractivity contribution in [2.75, 3.05) is 19.6 Å². The Morgan fingerprint density at radius 3 is 2.46 bits per heavy atom. The molecular formula is C11H21NO. The summed E-state index contributed by atoms with van der Waals surface area (Å²) < 4.78 is 0. The molecule has 1 aliphatic rings. The summed E-state index contributed by atoms with van der Waals surface area (Å²) in [6.07, 6.45) is 4.55. The van der Waals surface area contributed by atoms with Crippen LogP contribution in [0.3, 0.4) is 0 Å². The Balaban J connectivity index is 2.14. The van der Waals surface area contributed by atoms with Gasteiger partial charge in [0.1, 0.15) is 6.29 Å². The summed E-state index contributed by atoms with van der Waals surface area (Å²) in [4.78, 5) is 13.0. The van der Waals surface area contributed by atoms with Crippen LogP contribution in [0.5, 0.6) is 0 Å². The summed E-state index contributed by atoms with van der Waals surface area (Å²) >= 11 is 0. The highest BCUT2D eigenvalue weighted by atomic mass is 16.1. The number of nitrogens with zero attached hydrogens (tertiary/aromatic N) is 1. The molecule has 0 aromatic rings. The van der Waals surface area contributed by atoms with Gasteiger partial charge in [0.2, 0.25) is 0 Å². The summed E-state index contributed by atoms with van der Waals surface area (Å²) in [5, 5.41) is 0. The average Bonchev–Trinajstić information content (AvgIpc) is 2.15. The molecule has 0 atom stereocenters. The highest BCUT2D eigenvalue weighted by molar-refractivity contribution is 5.53. The quantitative estimate of drug-likeness (QED) is 0.621. The molecule has 1 saturated heterocycles. The fraction of sp³-hybridized carbons (Fsp3) is 0.909. The molecule has 2 nitrogen and oxygen atoms in total. The summed E-state index contributed by atoms with van der Waals surface area (Å²) in [5.41, 5.74) is 0. The van der Waals surface area contributed by atoms with Crippen molar-refractivity contribution in [2.45, 2.75) is 33.1 Å². The van der Waals surface area contributed by atoms with E-state index in [1.807, 2.05) is 0 Å². The number of carbonyl (C=O) groups is 1. The second kappa shape index (κ2) is 5.38. The van der Waals surface area contributed by atoms with Crippen LogP contribution in [0, 0.1) is 11.8 Å². The Morgan fingerprint density at radius 2 is 2.00 bits per heavy atom. The molecule has 1 aliphatic heterocycles. The predicted molar refractivity (Wildman–Crippen MR) is 54.7 cm³/mol. The third kappa shape index (κ3) is 3.90. The van der Waals surface area contributed by atoms with E-state index in [1.54, 1.807) is 0 Å². The van der Waals surface area contributed by atoms with E-state index in [0.29, 0.717) is 5.92 Å². The average molecular weight is 183 g/mol. The Kier molecular flexibility index (Phi) is 4.43. The minimum absolute atomic E-state index is 0.343. The van der Waals surface area contributed by atoms with E-state index in [9.17, 15) is 4.79 Å². The van der Waals surface area contributed by atoms with Crippen molar-refractivity contribution in [3.63, 3.8) is 0 Å². The molecule has 0 saturated carbocycles. The number of hydrogen-bond donors (Lipinski definition) is 0. The SMILES string of the molecule is CC(C)CCN1CCC(C=O)CC1. The maximum Gasteiger partial charge on any atom is 0.123 e. The number of likely N-dealkylation sites (tertiary alicyclic amines) is 1. The van der Waals surface area contributed by atoms with E-state index in [-0.39, 0.29) is 0 Å². The van der Waals surface area contributed by atoms with Gasteiger partial charge in [-0.15, -0.1) is 0 Å². The van der Waals surface area contributed by atoms with Crippen LogP contribution >= 0.6 is 0 Å². The minimum Gasteiger partial charge on any atom is -0.303 e. The van der Waals surface area contributed by atoms with Crippen molar-refractivity contribution in [3.8, 4) is 0 Å². The molecule has 0 amide bonds. The third-order valence-corrected chi connectivity index (χ3v) is 2.85. The van der Waals surface area contributed by atoms with E-state index in [4.69, 9.17) is 0 Å². The first-order valence-electron chi connectivity index (χ1n) is 5.40. The lowest BCUT2D eigenvalue weighted by molar-refractivity contribution is -0.112. The molecule has 2 heteroatoms. The molecule has 0 radical (unpaired) electrons. The maximum absolute atomic E-state index is 10.5. The van der Waals surface area contributed by atoms with Crippen LogP contribution in [0.15, 0.2) is 0 Å². The van der Waals surface area contributed by atoms with E-state index < -0.39 is 0 Å². The number of piperidine rings is 1. The van der Waals surface area contributed by atoms with Crippen LogP contribution < -0.4 is 0 Å². The maximum atomic E-state index is 10.5. The molecule has 0 aliphatic carbocycles. The van der Waals surface area contributed by atoms with Crippen molar-refractivity contribution in [1.29, 1.82) is 0 Å². The molecule has 76 valence electrons. The minimum atomic E-state index is 0.343. The molecule has 1 fully saturated rings. The smallest absolute Gasteiger partial charge is 0.123 e. The van der Waals surface area contributed by atoms with Crippen molar-refractivity contribution in [2.24, 2.45) is 11.8 Å². The molecule has 0 spiro atoms. The van der Waals surface area contributed by atoms with Crippen molar-refractivity contribution in [3.05, 3.63) is 0 Å². The fourth-order valence-electron chi connectivity index (χ4n) is 1.75. The van der Waals surface area contributed by atoms with Crippen LogP contribution in [0.1, 0.15) is 33.1 Å². The van der Waals surface area contributed by atoms with Crippen molar-refractivity contribution < 1.29 is 4.79 Å². The van der Waals surface area contributed by atoms with E-state index >= 15 is 0 Å². The zero-order valence-corrected chi connectivity index (χ0v) is 8.83. The molecule has 0 aromatic heterocycles. The first-order chi connectivity index (χ1) is 6.22. The fourth-order valence-corrected chi connectivity index (χ4v) is 1.75. The Hall–Kier alpha value is -0.370.